The van der Waals surface area contributed by atoms with Crippen LogP contribution in [-0.4, -0.2) is 29.0 Å². The molecule has 0 atom stereocenters. The molecule has 0 aliphatic rings. The van der Waals surface area contributed by atoms with E-state index in [-0.39, 0.29) is 5.56 Å². The zero-order chi connectivity index (χ0) is 20.4. The minimum absolute atomic E-state index is 0.112. The molecule has 0 fully saturated rings. The van der Waals surface area contributed by atoms with Gasteiger partial charge in [-0.15, -0.1) is 11.3 Å². The fourth-order valence-corrected chi connectivity index (χ4v) is 4.53. The van der Waals surface area contributed by atoms with Crippen LogP contribution >= 0.6 is 22.9 Å². The highest BCUT2D eigenvalue weighted by Crippen LogP contribution is 2.30. The van der Waals surface area contributed by atoms with Gasteiger partial charge in [0.15, 0.2) is 0 Å². The average Bonchev–Trinajstić information content (AvgIpc) is 3.13. The first kappa shape index (κ1) is 19.6. The first-order chi connectivity index (χ1) is 14.0. The normalized spacial score (nSPS) is 11.3. The molecule has 0 saturated heterocycles. The summed E-state index contributed by atoms with van der Waals surface area (Å²) >= 11 is 7.61. The van der Waals surface area contributed by atoms with Crippen LogP contribution in [0.4, 0.5) is 0 Å². The Kier molecular flexibility index (Phi) is 5.67. The lowest BCUT2D eigenvalue weighted by Crippen LogP contribution is -2.22. The van der Waals surface area contributed by atoms with Crippen LogP contribution < -0.4 is 10.3 Å². The van der Waals surface area contributed by atoms with Crippen molar-refractivity contribution in [1.82, 2.24) is 14.9 Å². The van der Waals surface area contributed by atoms with Gasteiger partial charge in [-0.2, -0.15) is 0 Å². The first-order valence-corrected chi connectivity index (χ1v) is 10.4. The third kappa shape index (κ3) is 4.19. The minimum atomic E-state index is -0.112. The molecule has 148 valence electrons. The molecule has 4 rings (SSSR count). The summed E-state index contributed by atoms with van der Waals surface area (Å²) in [6, 6.07) is 15.4. The number of hydrogen-bond donors (Lipinski definition) is 1. The smallest absolute Gasteiger partial charge is 0.260 e. The zero-order valence-corrected chi connectivity index (χ0v) is 17.7. The number of thiophene rings is 1. The van der Waals surface area contributed by atoms with E-state index in [1.807, 2.05) is 54.9 Å². The fraction of sp³-hybridized carbons (Fsp3) is 0.182. The summed E-state index contributed by atoms with van der Waals surface area (Å²) in [7, 11) is 3.61. The van der Waals surface area contributed by atoms with Crippen molar-refractivity contribution in [2.24, 2.45) is 0 Å². The number of aromatic nitrogens is 2. The number of nitrogens with zero attached hydrogens (tertiary/aromatic N) is 2. The van der Waals surface area contributed by atoms with E-state index in [1.165, 1.54) is 11.3 Å². The SMILES string of the molecule is COc1ccc(Cl)cc1CN(C)Cc1nc2scc(-c3ccccc3)c2c(=O)[nH]1. The molecule has 5 nitrogen and oxygen atoms in total. The number of fused-ring (bicyclic) bond motifs is 1. The summed E-state index contributed by atoms with van der Waals surface area (Å²) in [6.45, 7) is 1.12. The van der Waals surface area contributed by atoms with Gasteiger partial charge in [-0.1, -0.05) is 41.9 Å². The van der Waals surface area contributed by atoms with E-state index in [2.05, 4.69) is 14.9 Å². The minimum Gasteiger partial charge on any atom is -0.496 e. The second-order valence-corrected chi connectivity index (χ2v) is 8.13. The summed E-state index contributed by atoms with van der Waals surface area (Å²) < 4.78 is 5.42. The van der Waals surface area contributed by atoms with Gasteiger partial charge in [-0.05, 0) is 30.8 Å². The maximum absolute atomic E-state index is 12.8. The molecule has 2 aromatic heterocycles. The second kappa shape index (κ2) is 8.37. The predicted octanol–water partition coefficient (Wildman–Crippen LogP) is 4.95. The van der Waals surface area contributed by atoms with E-state index >= 15 is 0 Å². The van der Waals surface area contributed by atoms with Crippen LogP contribution in [0.15, 0.2) is 58.7 Å². The molecular formula is C22H20ClN3O2S. The molecule has 0 amide bonds. The molecule has 0 bridgehead atoms. The Bertz CT molecular complexity index is 1200. The lowest BCUT2D eigenvalue weighted by atomic mass is 10.1. The summed E-state index contributed by atoms with van der Waals surface area (Å²) in [5.41, 5.74) is 2.80. The van der Waals surface area contributed by atoms with Gasteiger partial charge in [0.1, 0.15) is 16.4 Å². The number of halogens is 1. The Morgan fingerprint density at radius 2 is 1.97 bits per heavy atom. The lowest BCUT2D eigenvalue weighted by Gasteiger charge is -2.18. The monoisotopic (exact) mass is 425 g/mol. The Labute approximate surface area is 177 Å². The molecule has 7 heteroatoms. The zero-order valence-electron chi connectivity index (χ0n) is 16.1. The molecule has 0 saturated carbocycles. The highest BCUT2D eigenvalue weighted by Gasteiger charge is 2.14. The molecular weight excluding hydrogens is 406 g/mol. The molecule has 0 aliphatic carbocycles. The van der Waals surface area contributed by atoms with Crippen LogP contribution in [0.1, 0.15) is 11.4 Å². The molecule has 4 aromatic rings. The van der Waals surface area contributed by atoms with Crippen LogP contribution in [0.25, 0.3) is 21.3 Å². The number of benzene rings is 2. The van der Waals surface area contributed by atoms with E-state index in [0.717, 1.165) is 27.3 Å². The Hall–Kier alpha value is -2.67. The summed E-state index contributed by atoms with van der Waals surface area (Å²) in [5, 5.41) is 3.30. The van der Waals surface area contributed by atoms with Crippen molar-refractivity contribution in [3.05, 3.63) is 80.7 Å². The van der Waals surface area contributed by atoms with Crippen LogP contribution in [0.3, 0.4) is 0 Å². The number of aromatic amines is 1. The Balaban J connectivity index is 1.59. The number of rotatable bonds is 6. The third-order valence-corrected chi connectivity index (χ3v) is 5.79. The number of H-pyrrole nitrogens is 1. The van der Waals surface area contributed by atoms with Crippen molar-refractivity contribution in [3.8, 4) is 16.9 Å². The average molecular weight is 426 g/mol. The standard InChI is InChI=1S/C22H20ClN3O2S/c1-26(11-15-10-16(23)8-9-18(15)28-2)12-19-24-21(27)20-17(13-29-22(20)25-19)14-6-4-3-5-7-14/h3-10,13H,11-12H2,1-2H3,(H,24,25,27). The van der Waals surface area contributed by atoms with E-state index in [4.69, 9.17) is 16.3 Å². The van der Waals surface area contributed by atoms with Crippen molar-refractivity contribution >= 4 is 33.2 Å². The molecule has 1 N–H and O–H groups in total. The highest BCUT2D eigenvalue weighted by atomic mass is 35.5. The molecule has 29 heavy (non-hydrogen) atoms. The van der Waals surface area contributed by atoms with E-state index in [9.17, 15) is 4.79 Å². The molecule has 0 spiro atoms. The largest absolute Gasteiger partial charge is 0.496 e. The quantitative estimate of drug-likeness (QED) is 0.475. The summed E-state index contributed by atoms with van der Waals surface area (Å²) in [6.07, 6.45) is 0. The molecule has 0 unspecified atom stereocenters. The Morgan fingerprint density at radius 3 is 2.72 bits per heavy atom. The number of hydrogen-bond acceptors (Lipinski definition) is 5. The maximum atomic E-state index is 12.8. The van der Waals surface area contributed by atoms with Crippen molar-refractivity contribution in [2.45, 2.75) is 13.1 Å². The van der Waals surface area contributed by atoms with Gasteiger partial charge < -0.3 is 9.72 Å². The molecule has 0 radical (unpaired) electrons. The first-order valence-electron chi connectivity index (χ1n) is 9.12. The van der Waals surface area contributed by atoms with Crippen molar-refractivity contribution < 1.29 is 4.74 Å². The maximum Gasteiger partial charge on any atom is 0.260 e. The van der Waals surface area contributed by atoms with Gasteiger partial charge in [0.05, 0.1) is 19.0 Å². The van der Waals surface area contributed by atoms with Gasteiger partial charge >= 0.3 is 0 Å². The topological polar surface area (TPSA) is 58.2 Å². The van der Waals surface area contributed by atoms with Gasteiger partial charge in [-0.3, -0.25) is 9.69 Å². The van der Waals surface area contributed by atoms with Crippen LogP contribution in [0.5, 0.6) is 5.75 Å². The lowest BCUT2D eigenvalue weighted by molar-refractivity contribution is 0.303. The fourth-order valence-electron chi connectivity index (χ4n) is 3.37. The Morgan fingerprint density at radius 1 is 1.17 bits per heavy atom. The number of ether oxygens (including phenoxy) is 1. The van der Waals surface area contributed by atoms with Gasteiger partial charge in [0, 0.05) is 28.1 Å². The van der Waals surface area contributed by atoms with Crippen LogP contribution in [0.2, 0.25) is 5.02 Å². The van der Waals surface area contributed by atoms with E-state index in [1.54, 1.807) is 13.2 Å². The number of methoxy groups -OCH3 is 1. The van der Waals surface area contributed by atoms with Gasteiger partial charge in [0.2, 0.25) is 0 Å². The molecule has 2 heterocycles. The van der Waals surface area contributed by atoms with Gasteiger partial charge in [0.25, 0.3) is 5.56 Å². The second-order valence-electron chi connectivity index (χ2n) is 6.84. The van der Waals surface area contributed by atoms with Crippen LogP contribution in [-0.2, 0) is 13.1 Å². The molecule has 0 aliphatic heterocycles. The van der Waals surface area contributed by atoms with Gasteiger partial charge in [-0.25, -0.2) is 4.98 Å². The van der Waals surface area contributed by atoms with Crippen molar-refractivity contribution in [2.75, 3.05) is 14.2 Å². The number of nitrogens with one attached hydrogen (secondary N) is 1. The summed E-state index contributed by atoms with van der Waals surface area (Å²) in [4.78, 5) is 23.2. The van der Waals surface area contributed by atoms with E-state index < -0.39 is 0 Å². The van der Waals surface area contributed by atoms with Crippen molar-refractivity contribution in [3.63, 3.8) is 0 Å². The van der Waals surface area contributed by atoms with Crippen molar-refractivity contribution in [1.29, 1.82) is 0 Å². The predicted molar refractivity (Wildman–Crippen MR) is 119 cm³/mol. The summed E-state index contributed by atoms with van der Waals surface area (Å²) in [5.74, 6) is 1.41. The highest BCUT2D eigenvalue weighted by molar-refractivity contribution is 7.17. The third-order valence-electron chi connectivity index (χ3n) is 4.68. The molecule has 2 aromatic carbocycles. The van der Waals surface area contributed by atoms with E-state index in [0.29, 0.717) is 29.3 Å². The van der Waals surface area contributed by atoms with Crippen LogP contribution in [0, 0.1) is 0 Å².